The van der Waals surface area contributed by atoms with Crippen LogP contribution >= 0.6 is 11.8 Å². The quantitative estimate of drug-likeness (QED) is 0.682. The monoisotopic (exact) mass is 169 g/mol. The summed E-state index contributed by atoms with van der Waals surface area (Å²) in [5.41, 5.74) is 1.31. The van der Waals surface area contributed by atoms with Crippen LogP contribution in [0.3, 0.4) is 0 Å². The van der Waals surface area contributed by atoms with E-state index in [0.29, 0.717) is 5.37 Å². The van der Waals surface area contributed by atoms with Gasteiger partial charge in [0.25, 0.3) is 0 Å². The fourth-order valence-electron chi connectivity index (χ4n) is 1.19. The summed E-state index contributed by atoms with van der Waals surface area (Å²) in [6.07, 6.45) is 5.37. The molecule has 1 atom stereocenters. The van der Waals surface area contributed by atoms with Crippen molar-refractivity contribution in [1.29, 1.82) is 0 Å². The number of allylic oxidation sites excluding steroid dienone is 3. The lowest BCUT2D eigenvalue weighted by Crippen LogP contribution is -2.14. The predicted octanol–water partition coefficient (Wildman–Crippen LogP) is 2.87. The molecule has 0 saturated carbocycles. The van der Waals surface area contributed by atoms with Crippen molar-refractivity contribution in [2.75, 3.05) is 0 Å². The molecule has 0 amide bonds. The summed E-state index contributed by atoms with van der Waals surface area (Å²) in [6.45, 7) is 6.44. The van der Waals surface area contributed by atoms with Gasteiger partial charge in [0.2, 0.25) is 0 Å². The summed E-state index contributed by atoms with van der Waals surface area (Å²) in [5.74, 6) is 0. The van der Waals surface area contributed by atoms with Crippen molar-refractivity contribution in [2.45, 2.75) is 32.6 Å². The van der Waals surface area contributed by atoms with E-state index in [9.17, 15) is 0 Å². The summed E-state index contributed by atoms with van der Waals surface area (Å²) in [7, 11) is 0. The van der Waals surface area contributed by atoms with E-state index < -0.39 is 0 Å². The topological polar surface area (TPSA) is 12.0 Å². The lowest BCUT2D eigenvalue weighted by molar-refractivity contribution is 0.837. The van der Waals surface area contributed by atoms with E-state index in [4.69, 9.17) is 0 Å². The Balaban J connectivity index is 2.71. The minimum atomic E-state index is 0.552. The average molecular weight is 169 g/mol. The van der Waals surface area contributed by atoms with E-state index in [1.165, 1.54) is 10.6 Å². The molecule has 11 heavy (non-hydrogen) atoms. The molecular weight excluding hydrogens is 154 g/mol. The van der Waals surface area contributed by atoms with E-state index in [1.807, 2.05) is 11.8 Å². The minimum absolute atomic E-state index is 0.552. The maximum atomic E-state index is 3.41. The molecule has 0 aromatic carbocycles. The third kappa shape index (κ3) is 2.03. The van der Waals surface area contributed by atoms with Crippen LogP contribution in [0.25, 0.3) is 0 Å². The Kier molecular flexibility index (Phi) is 3.06. The molecule has 0 aromatic heterocycles. The Hall–Kier alpha value is -0.370. The normalized spacial score (nSPS) is 24.8. The van der Waals surface area contributed by atoms with Crippen LogP contribution in [-0.2, 0) is 0 Å². The van der Waals surface area contributed by atoms with Gasteiger partial charge < -0.3 is 5.32 Å². The second kappa shape index (κ2) is 3.86. The molecule has 1 aliphatic rings. The van der Waals surface area contributed by atoms with Crippen molar-refractivity contribution in [2.24, 2.45) is 0 Å². The molecule has 0 aromatic rings. The molecule has 0 bridgehead atoms. The van der Waals surface area contributed by atoms with E-state index in [2.05, 4.69) is 38.2 Å². The van der Waals surface area contributed by atoms with Crippen molar-refractivity contribution >= 4 is 11.8 Å². The molecule has 2 heteroatoms. The van der Waals surface area contributed by atoms with Crippen LogP contribution in [0.4, 0.5) is 0 Å². The third-order valence-electron chi connectivity index (χ3n) is 1.63. The first-order chi connectivity index (χ1) is 5.27. The van der Waals surface area contributed by atoms with Crippen LogP contribution in [0.1, 0.15) is 27.2 Å². The molecule has 0 aliphatic carbocycles. The predicted molar refractivity (Wildman–Crippen MR) is 52.3 cm³/mol. The zero-order valence-electron chi connectivity index (χ0n) is 7.35. The summed E-state index contributed by atoms with van der Waals surface area (Å²) >= 11 is 1.93. The Bertz CT molecular complexity index is 194. The van der Waals surface area contributed by atoms with Gasteiger partial charge in [0.05, 0.1) is 5.37 Å². The van der Waals surface area contributed by atoms with Crippen molar-refractivity contribution in [1.82, 2.24) is 5.32 Å². The highest BCUT2D eigenvalue weighted by molar-refractivity contribution is 8.03. The SMILES string of the molecule is C/C=C\C1=C(CC)SC(C)N1. The van der Waals surface area contributed by atoms with Gasteiger partial charge in [-0.05, 0) is 26.3 Å². The second-order valence-corrected chi connectivity index (χ2v) is 4.03. The summed E-state index contributed by atoms with van der Waals surface area (Å²) in [5, 5.41) is 3.96. The van der Waals surface area contributed by atoms with Crippen LogP contribution in [0, 0.1) is 0 Å². The maximum absolute atomic E-state index is 3.41. The molecule has 0 radical (unpaired) electrons. The molecular formula is C9H15NS. The fourth-order valence-corrected chi connectivity index (χ4v) is 2.22. The number of hydrogen-bond acceptors (Lipinski definition) is 2. The van der Waals surface area contributed by atoms with Crippen molar-refractivity contribution < 1.29 is 0 Å². The van der Waals surface area contributed by atoms with Crippen molar-refractivity contribution in [3.05, 3.63) is 22.8 Å². The van der Waals surface area contributed by atoms with Gasteiger partial charge >= 0.3 is 0 Å². The van der Waals surface area contributed by atoms with Gasteiger partial charge in [-0.3, -0.25) is 0 Å². The van der Waals surface area contributed by atoms with Gasteiger partial charge in [-0.15, -0.1) is 11.8 Å². The molecule has 0 saturated heterocycles. The zero-order valence-corrected chi connectivity index (χ0v) is 8.16. The summed E-state index contributed by atoms with van der Waals surface area (Å²) in [6, 6.07) is 0. The second-order valence-electron chi connectivity index (χ2n) is 2.59. The Morgan fingerprint density at radius 1 is 1.64 bits per heavy atom. The van der Waals surface area contributed by atoms with Gasteiger partial charge in [0.15, 0.2) is 0 Å². The maximum Gasteiger partial charge on any atom is 0.0738 e. The van der Waals surface area contributed by atoms with Crippen molar-refractivity contribution in [3.8, 4) is 0 Å². The number of thioether (sulfide) groups is 1. The lowest BCUT2D eigenvalue weighted by atomic mass is 10.3. The standard InChI is InChI=1S/C9H15NS/c1-4-6-8-9(5-2)11-7(3)10-8/h4,6-7,10H,5H2,1-3H3/b6-4-. The number of hydrogen-bond donors (Lipinski definition) is 1. The van der Waals surface area contributed by atoms with Crippen LogP contribution in [0.2, 0.25) is 0 Å². The Morgan fingerprint density at radius 3 is 2.91 bits per heavy atom. The van der Waals surface area contributed by atoms with Crippen LogP contribution in [0.15, 0.2) is 22.8 Å². The highest BCUT2D eigenvalue weighted by Gasteiger charge is 2.16. The van der Waals surface area contributed by atoms with Gasteiger partial charge in [-0.2, -0.15) is 0 Å². The molecule has 1 rings (SSSR count). The van der Waals surface area contributed by atoms with E-state index in [-0.39, 0.29) is 0 Å². The third-order valence-corrected chi connectivity index (χ3v) is 2.90. The largest absolute Gasteiger partial charge is 0.373 e. The highest BCUT2D eigenvalue weighted by atomic mass is 32.2. The van der Waals surface area contributed by atoms with Crippen LogP contribution < -0.4 is 5.32 Å². The number of rotatable bonds is 2. The molecule has 1 unspecified atom stereocenters. The Morgan fingerprint density at radius 2 is 2.36 bits per heavy atom. The van der Waals surface area contributed by atoms with Crippen LogP contribution in [-0.4, -0.2) is 5.37 Å². The minimum Gasteiger partial charge on any atom is -0.373 e. The number of nitrogens with one attached hydrogen (secondary N) is 1. The first kappa shape index (κ1) is 8.72. The fraction of sp³-hybridized carbons (Fsp3) is 0.556. The molecule has 1 heterocycles. The Labute approximate surface area is 72.9 Å². The summed E-state index contributed by atoms with van der Waals surface area (Å²) < 4.78 is 0. The molecule has 0 fully saturated rings. The molecule has 1 N–H and O–H groups in total. The van der Waals surface area contributed by atoms with Gasteiger partial charge in [0.1, 0.15) is 0 Å². The highest BCUT2D eigenvalue weighted by Crippen LogP contribution is 2.32. The van der Waals surface area contributed by atoms with E-state index >= 15 is 0 Å². The first-order valence-electron chi connectivity index (χ1n) is 4.07. The van der Waals surface area contributed by atoms with E-state index in [0.717, 1.165) is 6.42 Å². The molecule has 0 spiro atoms. The van der Waals surface area contributed by atoms with E-state index in [1.54, 1.807) is 0 Å². The van der Waals surface area contributed by atoms with Crippen molar-refractivity contribution in [3.63, 3.8) is 0 Å². The average Bonchev–Trinajstić information content (AvgIpc) is 2.32. The molecule has 1 aliphatic heterocycles. The molecule has 62 valence electrons. The smallest absolute Gasteiger partial charge is 0.0738 e. The zero-order chi connectivity index (χ0) is 8.27. The van der Waals surface area contributed by atoms with Gasteiger partial charge in [-0.1, -0.05) is 13.0 Å². The van der Waals surface area contributed by atoms with Crippen LogP contribution in [0.5, 0.6) is 0 Å². The van der Waals surface area contributed by atoms with Gasteiger partial charge in [0, 0.05) is 10.6 Å². The summed E-state index contributed by atoms with van der Waals surface area (Å²) in [4.78, 5) is 1.48. The van der Waals surface area contributed by atoms with Gasteiger partial charge in [-0.25, -0.2) is 0 Å². The lowest BCUT2D eigenvalue weighted by Gasteiger charge is -2.01. The molecule has 1 nitrogen and oxygen atoms in total. The first-order valence-corrected chi connectivity index (χ1v) is 4.95.